The van der Waals surface area contributed by atoms with Crippen molar-refractivity contribution in [3.05, 3.63) is 36.3 Å². The van der Waals surface area contributed by atoms with E-state index in [-0.39, 0.29) is 17.7 Å². The van der Waals surface area contributed by atoms with Crippen LogP contribution in [0.5, 0.6) is 0 Å². The molecular weight excluding hydrogens is 354 g/mol. The maximum Gasteiger partial charge on any atom is 0.259 e. The number of hydrogen-bond donors (Lipinski definition) is 1. The van der Waals surface area contributed by atoms with E-state index in [1.165, 1.54) is 12.8 Å². The van der Waals surface area contributed by atoms with Crippen LogP contribution in [0.25, 0.3) is 5.82 Å². The summed E-state index contributed by atoms with van der Waals surface area (Å²) in [7, 11) is 1.83. The van der Waals surface area contributed by atoms with E-state index >= 15 is 0 Å². The predicted octanol–water partition coefficient (Wildman–Crippen LogP) is 2.76. The molecule has 0 radical (unpaired) electrons. The number of amides is 2. The number of hydrogen-bond acceptors (Lipinski definition) is 3. The van der Waals surface area contributed by atoms with Crippen LogP contribution in [0.15, 0.2) is 30.7 Å². The minimum absolute atomic E-state index is 0.0581. The highest BCUT2D eigenvalue weighted by molar-refractivity contribution is 5.97. The zero-order chi connectivity index (χ0) is 19.9. The van der Waals surface area contributed by atoms with Crippen LogP contribution >= 0.6 is 0 Å². The maximum atomic E-state index is 13.2. The van der Waals surface area contributed by atoms with Crippen LogP contribution in [-0.2, 0) is 11.8 Å². The van der Waals surface area contributed by atoms with Crippen molar-refractivity contribution in [1.82, 2.24) is 24.6 Å². The van der Waals surface area contributed by atoms with Gasteiger partial charge in [-0.15, -0.1) is 0 Å². The molecule has 7 nitrogen and oxygen atoms in total. The van der Waals surface area contributed by atoms with Crippen LogP contribution in [0.1, 0.15) is 55.8 Å². The van der Waals surface area contributed by atoms with Gasteiger partial charge in [-0.05, 0) is 31.4 Å². The number of carbonyl (C=O) groups is 2. The highest BCUT2D eigenvalue weighted by Crippen LogP contribution is 2.22. The van der Waals surface area contributed by atoms with E-state index in [9.17, 15) is 9.59 Å². The molecule has 7 heteroatoms. The van der Waals surface area contributed by atoms with E-state index in [0.717, 1.165) is 38.0 Å². The number of nitrogens with zero attached hydrogens (tertiary/aromatic N) is 4. The predicted molar refractivity (Wildman–Crippen MR) is 108 cm³/mol. The second kappa shape index (κ2) is 9.57. The fraction of sp³-hybridized carbons (Fsp3) is 0.571. The van der Waals surface area contributed by atoms with Crippen molar-refractivity contribution in [1.29, 1.82) is 0 Å². The van der Waals surface area contributed by atoms with Crippen LogP contribution in [0.4, 0.5) is 0 Å². The SMILES string of the molecule is CCCCCCNC(=O)C1CCCN(C(=O)c2cnn(C)c2-n2cccc2)C1. The lowest BCUT2D eigenvalue weighted by molar-refractivity contribution is -0.126. The van der Waals surface area contributed by atoms with Gasteiger partial charge in [0.1, 0.15) is 11.4 Å². The molecule has 1 aliphatic rings. The number of aryl methyl sites for hydroxylation is 1. The summed E-state index contributed by atoms with van der Waals surface area (Å²) in [5, 5.41) is 7.33. The summed E-state index contributed by atoms with van der Waals surface area (Å²) in [4.78, 5) is 27.5. The zero-order valence-corrected chi connectivity index (χ0v) is 16.9. The van der Waals surface area contributed by atoms with E-state index in [1.54, 1.807) is 15.8 Å². The molecule has 1 atom stereocenters. The fourth-order valence-corrected chi connectivity index (χ4v) is 3.82. The van der Waals surface area contributed by atoms with Gasteiger partial charge >= 0.3 is 0 Å². The first-order valence-corrected chi connectivity index (χ1v) is 10.3. The van der Waals surface area contributed by atoms with Gasteiger partial charge in [-0.25, -0.2) is 0 Å². The highest BCUT2D eigenvalue weighted by Gasteiger charge is 2.30. The quantitative estimate of drug-likeness (QED) is 0.710. The number of piperidine rings is 1. The summed E-state index contributed by atoms with van der Waals surface area (Å²) < 4.78 is 3.60. The molecule has 3 heterocycles. The van der Waals surface area contributed by atoms with Gasteiger partial charge in [0.05, 0.1) is 12.1 Å². The Morgan fingerprint density at radius 3 is 2.75 bits per heavy atom. The van der Waals surface area contributed by atoms with Crippen molar-refractivity contribution < 1.29 is 9.59 Å². The first-order chi connectivity index (χ1) is 13.6. The van der Waals surface area contributed by atoms with Gasteiger partial charge in [0.25, 0.3) is 5.91 Å². The molecule has 0 spiro atoms. The standard InChI is InChI=1S/C21H31N5O2/c1-3-4-5-6-11-22-19(27)17-10-9-14-26(16-17)21(28)18-15-23-24(2)20(18)25-12-7-8-13-25/h7-8,12-13,15,17H,3-6,9-11,14,16H2,1-2H3,(H,22,27). The van der Waals surface area contributed by atoms with E-state index in [2.05, 4.69) is 17.3 Å². The Kier molecular flexibility index (Phi) is 6.90. The van der Waals surface area contributed by atoms with E-state index in [0.29, 0.717) is 18.7 Å². The van der Waals surface area contributed by atoms with Gasteiger partial charge < -0.3 is 14.8 Å². The second-order valence-electron chi connectivity index (χ2n) is 7.54. The Bertz CT molecular complexity index is 781. The van der Waals surface area contributed by atoms with Gasteiger partial charge in [0, 0.05) is 39.1 Å². The van der Waals surface area contributed by atoms with Crippen LogP contribution in [-0.4, -0.2) is 50.7 Å². The molecule has 1 N–H and O–H groups in total. The molecule has 1 fully saturated rings. The van der Waals surface area contributed by atoms with Crippen molar-refractivity contribution in [2.24, 2.45) is 13.0 Å². The molecule has 0 bridgehead atoms. The number of likely N-dealkylation sites (tertiary alicyclic amines) is 1. The molecule has 0 saturated carbocycles. The Morgan fingerprint density at radius 2 is 2.00 bits per heavy atom. The monoisotopic (exact) mass is 385 g/mol. The molecule has 1 unspecified atom stereocenters. The fourth-order valence-electron chi connectivity index (χ4n) is 3.82. The molecular formula is C21H31N5O2. The first kappa shape index (κ1) is 20.2. The van der Waals surface area contributed by atoms with Gasteiger partial charge in [-0.1, -0.05) is 26.2 Å². The molecule has 2 amide bonds. The summed E-state index contributed by atoms with van der Waals surface area (Å²) in [6, 6.07) is 3.84. The number of unbranched alkanes of at least 4 members (excludes halogenated alkanes) is 3. The van der Waals surface area contributed by atoms with E-state index in [4.69, 9.17) is 0 Å². The average molecular weight is 386 g/mol. The largest absolute Gasteiger partial charge is 0.356 e. The molecule has 0 aromatic carbocycles. The zero-order valence-electron chi connectivity index (χ0n) is 16.9. The Morgan fingerprint density at radius 1 is 1.21 bits per heavy atom. The normalized spacial score (nSPS) is 16.9. The lowest BCUT2D eigenvalue weighted by atomic mass is 9.96. The topological polar surface area (TPSA) is 72.2 Å². The molecule has 1 saturated heterocycles. The molecule has 152 valence electrons. The molecule has 3 rings (SSSR count). The van der Waals surface area contributed by atoms with E-state index in [1.807, 2.05) is 36.1 Å². The van der Waals surface area contributed by atoms with Crippen LogP contribution in [0, 0.1) is 5.92 Å². The second-order valence-corrected chi connectivity index (χ2v) is 7.54. The molecule has 0 aliphatic carbocycles. The number of nitrogens with one attached hydrogen (secondary N) is 1. The summed E-state index contributed by atoms with van der Waals surface area (Å²) in [5.41, 5.74) is 0.569. The van der Waals surface area contributed by atoms with Crippen molar-refractivity contribution >= 4 is 11.8 Å². The molecule has 1 aliphatic heterocycles. The van der Waals surface area contributed by atoms with Crippen LogP contribution in [0.3, 0.4) is 0 Å². The summed E-state index contributed by atoms with van der Waals surface area (Å²) >= 11 is 0. The van der Waals surface area contributed by atoms with Gasteiger partial charge in [-0.3, -0.25) is 14.3 Å². The average Bonchev–Trinajstić information content (AvgIpc) is 3.36. The van der Waals surface area contributed by atoms with Gasteiger partial charge in [0.15, 0.2) is 0 Å². The third-order valence-corrected chi connectivity index (χ3v) is 5.40. The number of rotatable bonds is 8. The first-order valence-electron chi connectivity index (χ1n) is 10.3. The Hall–Kier alpha value is -2.57. The minimum Gasteiger partial charge on any atom is -0.356 e. The third-order valence-electron chi connectivity index (χ3n) is 5.40. The van der Waals surface area contributed by atoms with Crippen molar-refractivity contribution in [3.8, 4) is 5.82 Å². The Balaban J connectivity index is 1.62. The third kappa shape index (κ3) is 4.64. The lowest BCUT2D eigenvalue weighted by Gasteiger charge is -2.32. The van der Waals surface area contributed by atoms with Crippen molar-refractivity contribution in [2.75, 3.05) is 19.6 Å². The van der Waals surface area contributed by atoms with E-state index < -0.39 is 0 Å². The van der Waals surface area contributed by atoms with Crippen LogP contribution in [0.2, 0.25) is 0 Å². The van der Waals surface area contributed by atoms with Crippen LogP contribution < -0.4 is 5.32 Å². The number of aromatic nitrogens is 3. The highest BCUT2D eigenvalue weighted by atomic mass is 16.2. The number of carbonyl (C=O) groups excluding carboxylic acids is 2. The Labute approximate surface area is 166 Å². The molecule has 2 aromatic rings. The van der Waals surface area contributed by atoms with Crippen molar-refractivity contribution in [2.45, 2.75) is 45.4 Å². The minimum atomic E-state index is -0.129. The summed E-state index contributed by atoms with van der Waals surface area (Å²) in [6.07, 6.45) is 11.7. The summed E-state index contributed by atoms with van der Waals surface area (Å²) in [6.45, 7) is 4.05. The van der Waals surface area contributed by atoms with Crippen molar-refractivity contribution in [3.63, 3.8) is 0 Å². The lowest BCUT2D eigenvalue weighted by Crippen LogP contribution is -2.45. The smallest absolute Gasteiger partial charge is 0.259 e. The van der Waals surface area contributed by atoms with Gasteiger partial charge in [-0.2, -0.15) is 5.10 Å². The molecule has 28 heavy (non-hydrogen) atoms. The summed E-state index contributed by atoms with van der Waals surface area (Å²) in [5.74, 6) is 0.635. The molecule has 2 aromatic heterocycles. The maximum absolute atomic E-state index is 13.2. The van der Waals surface area contributed by atoms with Gasteiger partial charge in [0.2, 0.25) is 5.91 Å².